The van der Waals surface area contributed by atoms with Crippen molar-refractivity contribution in [3.05, 3.63) is 59.2 Å². The molecule has 0 amide bonds. The van der Waals surface area contributed by atoms with Gasteiger partial charge in [0.15, 0.2) is 0 Å². The number of hydrogen-bond acceptors (Lipinski definition) is 1. The van der Waals surface area contributed by atoms with Crippen molar-refractivity contribution in [1.82, 2.24) is 0 Å². The smallest absolute Gasteiger partial charge is 0.0449 e. The molecule has 2 aromatic carbocycles. The van der Waals surface area contributed by atoms with E-state index in [1.807, 2.05) is 0 Å². The molecule has 0 heterocycles. The van der Waals surface area contributed by atoms with Crippen molar-refractivity contribution in [2.45, 2.75) is 19.2 Å². The second-order valence-corrected chi connectivity index (χ2v) is 5.22. The van der Waals surface area contributed by atoms with Crippen LogP contribution in [-0.2, 0) is 5.33 Å². The Morgan fingerprint density at radius 1 is 0.944 bits per heavy atom. The van der Waals surface area contributed by atoms with Crippen molar-refractivity contribution in [3.8, 4) is 0 Å². The predicted molar refractivity (Wildman–Crippen MR) is 83.1 cm³/mol. The van der Waals surface area contributed by atoms with E-state index in [0.29, 0.717) is 0 Å². The molecule has 0 aliphatic carbocycles. The summed E-state index contributed by atoms with van der Waals surface area (Å²) in [7, 11) is 2.11. The Kier molecular flexibility index (Phi) is 4.07. The molecule has 0 radical (unpaired) electrons. The molecule has 0 aromatic heterocycles. The van der Waals surface area contributed by atoms with Crippen molar-refractivity contribution < 1.29 is 0 Å². The Hall–Kier alpha value is -1.28. The van der Waals surface area contributed by atoms with Crippen LogP contribution < -0.4 is 4.90 Å². The van der Waals surface area contributed by atoms with E-state index in [1.165, 1.54) is 28.1 Å². The fraction of sp³-hybridized carbons (Fsp3) is 0.250. The lowest BCUT2D eigenvalue weighted by atomic mass is 10.1. The largest absolute Gasteiger partial charge is 0.344 e. The van der Waals surface area contributed by atoms with Crippen molar-refractivity contribution >= 4 is 27.3 Å². The standard InChI is InChI=1S/C16H18BrN/c1-12-4-7-15(8-5-12)18(3)16-9-6-13(2)10-14(16)11-17/h4-10H,11H2,1-3H3. The second-order valence-electron chi connectivity index (χ2n) is 4.66. The van der Waals surface area contributed by atoms with Gasteiger partial charge in [0.25, 0.3) is 0 Å². The molecule has 0 atom stereocenters. The quantitative estimate of drug-likeness (QED) is 0.724. The number of rotatable bonds is 3. The molecule has 1 nitrogen and oxygen atoms in total. The van der Waals surface area contributed by atoms with Crippen molar-refractivity contribution in [3.63, 3.8) is 0 Å². The summed E-state index contributed by atoms with van der Waals surface area (Å²) in [6, 6.07) is 15.2. The SMILES string of the molecule is Cc1ccc(N(C)c2ccc(C)cc2CBr)cc1. The van der Waals surface area contributed by atoms with Crippen molar-refractivity contribution in [2.24, 2.45) is 0 Å². The van der Waals surface area contributed by atoms with Gasteiger partial charge in [0.2, 0.25) is 0 Å². The van der Waals surface area contributed by atoms with Crippen molar-refractivity contribution in [2.75, 3.05) is 11.9 Å². The van der Waals surface area contributed by atoms with E-state index in [1.54, 1.807) is 0 Å². The first-order valence-corrected chi connectivity index (χ1v) is 7.20. The van der Waals surface area contributed by atoms with Crippen LogP contribution in [0.15, 0.2) is 42.5 Å². The highest BCUT2D eigenvalue weighted by atomic mass is 79.9. The highest BCUT2D eigenvalue weighted by molar-refractivity contribution is 9.08. The maximum atomic E-state index is 3.57. The van der Waals surface area contributed by atoms with Crippen molar-refractivity contribution in [1.29, 1.82) is 0 Å². The molecular formula is C16H18BrN. The molecule has 0 saturated carbocycles. The summed E-state index contributed by atoms with van der Waals surface area (Å²) < 4.78 is 0. The third kappa shape index (κ3) is 2.75. The topological polar surface area (TPSA) is 3.24 Å². The van der Waals surface area contributed by atoms with E-state index < -0.39 is 0 Å². The van der Waals surface area contributed by atoms with Gasteiger partial charge in [0.05, 0.1) is 0 Å². The molecule has 94 valence electrons. The molecule has 0 saturated heterocycles. The minimum absolute atomic E-state index is 0.875. The van der Waals surface area contributed by atoms with E-state index in [9.17, 15) is 0 Å². The van der Waals surface area contributed by atoms with Gasteiger partial charge in [-0.15, -0.1) is 0 Å². The summed E-state index contributed by atoms with van der Waals surface area (Å²) in [6.07, 6.45) is 0. The zero-order chi connectivity index (χ0) is 13.1. The fourth-order valence-electron chi connectivity index (χ4n) is 2.06. The first kappa shape index (κ1) is 13.2. The number of halogens is 1. The third-order valence-corrected chi connectivity index (χ3v) is 3.77. The van der Waals surface area contributed by atoms with Gasteiger partial charge < -0.3 is 4.90 Å². The summed E-state index contributed by atoms with van der Waals surface area (Å²) in [4.78, 5) is 2.23. The van der Waals surface area contributed by atoms with Gasteiger partial charge in [-0.05, 0) is 37.6 Å². The van der Waals surface area contributed by atoms with Gasteiger partial charge in [0.1, 0.15) is 0 Å². The highest BCUT2D eigenvalue weighted by Crippen LogP contribution is 2.29. The van der Waals surface area contributed by atoms with E-state index >= 15 is 0 Å². The summed E-state index contributed by atoms with van der Waals surface area (Å²) in [5.74, 6) is 0. The van der Waals surface area contributed by atoms with Gasteiger partial charge in [0, 0.05) is 23.8 Å². The van der Waals surface area contributed by atoms with Crippen LogP contribution in [0.1, 0.15) is 16.7 Å². The monoisotopic (exact) mass is 303 g/mol. The molecule has 0 spiro atoms. The lowest BCUT2D eigenvalue weighted by molar-refractivity contribution is 1.17. The summed E-state index contributed by atoms with van der Waals surface area (Å²) >= 11 is 3.57. The van der Waals surface area contributed by atoms with E-state index in [-0.39, 0.29) is 0 Å². The normalized spacial score (nSPS) is 10.4. The predicted octanol–water partition coefficient (Wildman–Crippen LogP) is 4.97. The molecule has 0 unspecified atom stereocenters. The number of hydrogen-bond donors (Lipinski definition) is 0. The van der Waals surface area contributed by atoms with Crippen LogP contribution in [0.4, 0.5) is 11.4 Å². The van der Waals surface area contributed by atoms with Crippen LogP contribution in [0.2, 0.25) is 0 Å². The number of nitrogens with zero attached hydrogens (tertiary/aromatic N) is 1. The van der Waals surface area contributed by atoms with Gasteiger partial charge in [-0.2, -0.15) is 0 Å². The molecule has 2 rings (SSSR count). The first-order chi connectivity index (χ1) is 8.61. The lowest BCUT2D eigenvalue weighted by Gasteiger charge is -2.22. The highest BCUT2D eigenvalue weighted by Gasteiger charge is 2.08. The van der Waals surface area contributed by atoms with E-state index in [2.05, 4.69) is 84.2 Å². The molecule has 0 fully saturated rings. The molecule has 0 aliphatic rings. The Morgan fingerprint density at radius 3 is 2.17 bits per heavy atom. The molecular weight excluding hydrogens is 286 g/mol. The van der Waals surface area contributed by atoms with Crippen LogP contribution in [0.5, 0.6) is 0 Å². The Morgan fingerprint density at radius 2 is 1.56 bits per heavy atom. The minimum Gasteiger partial charge on any atom is -0.344 e. The second kappa shape index (κ2) is 5.57. The average molecular weight is 304 g/mol. The van der Waals surface area contributed by atoms with Crippen LogP contribution in [-0.4, -0.2) is 7.05 Å². The van der Waals surface area contributed by atoms with E-state index in [4.69, 9.17) is 0 Å². The maximum absolute atomic E-state index is 3.57. The van der Waals surface area contributed by atoms with Gasteiger partial charge in [-0.3, -0.25) is 0 Å². The zero-order valence-electron chi connectivity index (χ0n) is 11.1. The molecule has 0 aliphatic heterocycles. The number of aryl methyl sites for hydroxylation is 2. The molecule has 18 heavy (non-hydrogen) atoms. The van der Waals surface area contributed by atoms with Crippen LogP contribution >= 0.6 is 15.9 Å². The minimum atomic E-state index is 0.875. The van der Waals surface area contributed by atoms with Gasteiger partial charge in [-0.1, -0.05) is 51.3 Å². The summed E-state index contributed by atoms with van der Waals surface area (Å²) in [6.45, 7) is 4.24. The summed E-state index contributed by atoms with van der Waals surface area (Å²) in [5.41, 5.74) is 6.37. The molecule has 0 N–H and O–H groups in total. The van der Waals surface area contributed by atoms with Gasteiger partial charge >= 0.3 is 0 Å². The van der Waals surface area contributed by atoms with E-state index in [0.717, 1.165) is 5.33 Å². The zero-order valence-corrected chi connectivity index (χ0v) is 12.7. The summed E-state index contributed by atoms with van der Waals surface area (Å²) in [5, 5.41) is 0.875. The molecule has 2 heteroatoms. The van der Waals surface area contributed by atoms with Crippen LogP contribution in [0.25, 0.3) is 0 Å². The lowest BCUT2D eigenvalue weighted by Crippen LogP contribution is -2.11. The average Bonchev–Trinajstić information content (AvgIpc) is 2.38. The third-order valence-electron chi connectivity index (χ3n) is 3.16. The fourth-order valence-corrected chi connectivity index (χ4v) is 2.51. The Balaban J connectivity index is 2.39. The van der Waals surface area contributed by atoms with Gasteiger partial charge in [-0.25, -0.2) is 0 Å². The number of anilines is 2. The maximum Gasteiger partial charge on any atom is 0.0449 e. The number of benzene rings is 2. The Bertz CT molecular complexity index is 531. The van der Waals surface area contributed by atoms with Crippen LogP contribution in [0, 0.1) is 13.8 Å². The molecule has 2 aromatic rings. The molecule has 0 bridgehead atoms. The number of alkyl halides is 1. The Labute approximate surface area is 118 Å². The first-order valence-electron chi connectivity index (χ1n) is 6.07. The van der Waals surface area contributed by atoms with Crippen LogP contribution in [0.3, 0.4) is 0 Å².